The fourth-order valence-corrected chi connectivity index (χ4v) is 3.05. The van der Waals surface area contributed by atoms with E-state index in [4.69, 9.17) is 10.5 Å². The molecule has 0 bridgehead atoms. The molecule has 1 aromatic carbocycles. The third-order valence-corrected chi connectivity index (χ3v) is 4.45. The van der Waals surface area contributed by atoms with Crippen LogP contribution in [0.4, 0.5) is 0 Å². The first-order chi connectivity index (χ1) is 10.6. The highest BCUT2D eigenvalue weighted by Crippen LogP contribution is 2.29. The lowest BCUT2D eigenvalue weighted by Gasteiger charge is -2.37. The molecule has 2 aliphatic rings. The van der Waals surface area contributed by atoms with E-state index >= 15 is 0 Å². The van der Waals surface area contributed by atoms with E-state index in [9.17, 15) is 9.59 Å². The maximum atomic E-state index is 12.8. The molecular formula is C17H20N2O3. The number of ether oxygens (including phenoxy) is 1. The zero-order valence-corrected chi connectivity index (χ0v) is 12.6. The van der Waals surface area contributed by atoms with Gasteiger partial charge in [-0.05, 0) is 31.9 Å². The summed E-state index contributed by atoms with van der Waals surface area (Å²) in [5.74, 6) is 0.148. The van der Waals surface area contributed by atoms with Crippen LogP contribution in [0.25, 0.3) is 6.08 Å². The number of benzene rings is 1. The van der Waals surface area contributed by atoms with Gasteiger partial charge in [0, 0.05) is 18.2 Å². The van der Waals surface area contributed by atoms with E-state index in [1.807, 2.05) is 37.3 Å². The Morgan fingerprint density at radius 2 is 2.05 bits per heavy atom. The van der Waals surface area contributed by atoms with Gasteiger partial charge in [-0.1, -0.05) is 18.2 Å². The van der Waals surface area contributed by atoms with Gasteiger partial charge in [0.15, 0.2) is 0 Å². The number of carbonyl (C=O) groups excluding carboxylic acids is 2. The van der Waals surface area contributed by atoms with E-state index in [2.05, 4.69) is 0 Å². The molecule has 2 N–H and O–H groups in total. The van der Waals surface area contributed by atoms with E-state index in [0.29, 0.717) is 12.1 Å². The van der Waals surface area contributed by atoms with Crippen molar-refractivity contribution in [2.45, 2.75) is 25.8 Å². The molecule has 0 aliphatic carbocycles. The van der Waals surface area contributed by atoms with Gasteiger partial charge in [0.2, 0.25) is 5.91 Å². The molecule has 2 heterocycles. The molecule has 1 fully saturated rings. The first-order valence-corrected chi connectivity index (χ1v) is 7.59. The van der Waals surface area contributed by atoms with Crippen LogP contribution in [-0.4, -0.2) is 35.9 Å². The number of hydrogen-bond acceptors (Lipinski definition) is 3. The molecule has 5 nitrogen and oxygen atoms in total. The van der Waals surface area contributed by atoms with Gasteiger partial charge in [-0.25, -0.2) is 0 Å². The smallest absolute Gasteiger partial charge is 0.253 e. The molecule has 0 radical (unpaired) electrons. The van der Waals surface area contributed by atoms with E-state index in [1.54, 1.807) is 4.90 Å². The highest BCUT2D eigenvalue weighted by atomic mass is 16.5. The summed E-state index contributed by atoms with van der Waals surface area (Å²) >= 11 is 0. The molecule has 1 saturated heterocycles. The molecule has 0 saturated carbocycles. The Balaban J connectivity index is 1.81. The van der Waals surface area contributed by atoms with Crippen molar-refractivity contribution in [2.75, 3.05) is 13.2 Å². The molecule has 1 aromatic rings. The minimum Gasteiger partial charge on any atom is -0.488 e. The summed E-state index contributed by atoms with van der Waals surface area (Å²) in [7, 11) is 0. The van der Waals surface area contributed by atoms with E-state index < -0.39 is 0 Å². The topological polar surface area (TPSA) is 72.6 Å². The number of carbonyl (C=O) groups is 2. The molecule has 5 heteroatoms. The Morgan fingerprint density at radius 3 is 2.82 bits per heavy atom. The maximum absolute atomic E-state index is 12.8. The molecule has 2 unspecified atom stereocenters. The van der Waals surface area contributed by atoms with E-state index in [1.165, 1.54) is 0 Å². The van der Waals surface area contributed by atoms with Crippen molar-refractivity contribution < 1.29 is 14.3 Å². The van der Waals surface area contributed by atoms with Crippen LogP contribution < -0.4 is 10.5 Å². The number of piperidine rings is 1. The van der Waals surface area contributed by atoms with Crippen molar-refractivity contribution in [3.05, 3.63) is 35.4 Å². The number of nitrogens with two attached hydrogens (primary N) is 1. The zero-order chi connectivity index (χ0) is 15.7. The Morgan fingerprint density at radius 1 is 1.27 bits per heavy atom. The van der Waals surface area contributed by atoms with Gasteiger partial charge >= 0.3 is 0 Å². The SMILES string of the molecule is CC1CCC(C(N)=O)CN1C(=O)C1=Cc2ccccc2OC1. The van der Waals surface area contributed by atoms with Crippen molar-refractivity contribution >= 4 is 17.9 Å². The summed E-state index contributed by atoms with van der Waals surface area (Å²) < 4.78 is 5.65. The van der Waals surface area contributed by atoms with E-state index in [0.717, 1.165) is 24.2 Å². The molecular weight excluding hydrogens is 280 g/mol. The predicted molar refractivity (Wildman–Crippen MR) is 83.0 cm³/mol. The fourth-order valence-electron chi connectivity index (χ4n) is 3.05. The number of fused-ring (bicyclic) bond motifs is 1. The lowest BCUT2D eigenvalue weighted by Crippen LogP contribution is -2.49. The second-order valence-electron chi connectivity index (χ2n) is 5.98. The molecule has 0 aromatic heterocycles. The summed E-state index contributed by atoms with van der Waals surface area (Å²) in [4.78, 5) is 25.9. The fraction of sp³-hybridized carbons (Fsp3) is 0.412. The normalized spacial score (nSPS) is 24.0. The third-order valence-electron chi connectivity index (χ3n) is 4.45. The molecule has 0 spiro atoms. The van der Waals surface area contributed by atoms with Crippen LogP contribution >= 0.6 is 0 Å². The summed E-state index contributed by atoms with van der Waals surface area (Å²) in [6.07, 6.45) is 3.42. The van der Waals surface area contributed by atoms with Crippen LogP contribution in [0.5, 0.6) is 5.75 Å². The summed E-state index contributed by atoms with van der Waals surface area (Å²) in [6, 6.07) is 7.75. The summed E-state index contributed by atoms with van der Waals surface area (Å²) in [5.41, 5.74) is 6.93. The minimum atomic E-state index is -0.330. The number of hydrogen-bond donors (Lipinski definition) is 1. The van der Waals surface area contributed by atoms with Gasteiger partial charge in [-0.3, -0.25) is 9.59 Å². The van der Waals surface area contributed by atoms with Crippen LogP contribution in [0.2, 0.25) is 0 Å². The lowest BCUT2D eigenvalue weighted by molar-refractivity contribution is -0.134. The zero-order valence-electron chi connectivity index (χ0n) is 12.6. The lowest BCUT2D eigenvalue weighted by atomic mass is 9.92. The van der Waals surface area contributed by atoms with Crippen molar-refractivity contribution in [1.82, 2.24) is 4.90 Å². The highest BCUT2D eigenvalue weighted by molar-refractivity contribution is 5.99. The largest absolute Gasteiger partial charge is 0.488 e. The highest BCUT2D eigenvalue weighted by Gasteiger charge is 2.33. The first-order valence-electron chi connectivity index (χ1n) is 7.59. The molecule has 3 rings (SSSR count). The third kappa shape index (κ3) is 2.71. The van der Waals surface area contributed by atoms with Gasteiger partial charge < -0.3 is 15.4 Å². The standard InChI is InChI=1S/C17H20N2O3/c1-11-6-7-13(16(18)20)9-19(11)17(21)14-8-12-4-2-3-5-15(12)22-10-14/h2-5,8,11,13H,6-7,9-10H2,1H3,(H2,18,20). The van der Waals surface area contributed by atoms with Crippen molar-refractivity contribution in [1.29, 1.82) is 0 Å². The number of para-hydroxylation sites is 1. The summed E-state index contributed by atoms with van der Waals surface area (Å²) in [6.45, 7) is 2.67. The molecule has 2 atom stereocenters. The van der Waals surface area contributed by atoms with Gasteiger partial charge in [-0.2, -0.15) is 0 Å². The minimum absolute atomic E-state index is 0.0621. The quantitative estimate of drug-likeness (QED) is 0.901. The van der Waals surface area contributed by atoms with Crippen LogP contribution in [-0.2, 0) is 9.59 Å². The Labute approximate surface area is 129 Å². The second kappa shape index (κ2) is 5.83. The first kappa shape index (κ1) is 14.6. The van der Waals surface area contributed by atoms with Gasteiger partial charge in [0.1, 0.15) is 12.4 Å². The van der Waals surface area contributed by atoms with Gasteiger partial charge in [-0.15, -0.1) is 0 Å². The second-order valence-corrected chi connectivity index (χ2v) is 5.98. The number of nitrogens with zero attached hydrogens (tertiary/aromatic N) is 1. The van der Waals surface area contributed by atoms with E-state index in [-0.39, 0.29) is 30.4 Å². The molecule has 2 amide bonds. The van der Waals surface area contributed by atoms with Gasteiger partial charge in [0.05, 0.1) is 11.5 Å². The Hall–Kier alpha value is -2.30. The Kier molecular flexibility index (Phi) is 3.88. The maximum Gasteiger partial charge on any atom is 0.253 e. The number of likely N-dealkylation sites (tertiary alicyclic amines) is 1. The van der Waals surface area contributed by atoms with Crippen LogP contribution in [0, 0.1) is 5.92 Å². The number of rotatable bonds is 2. The molecule has 22 heavy (non-hydrogen) atoms. The molecule has 2 aliphatic heterocycles. The number of amides is 2. The van der Waals surface area contributed by atoms with Crippen molar-refractivity contribution in [3.8, 4) is 5.75 Å². The summed E-state index contributed by atoms with van der Waals surface area (Å²) in [5, 5.41) is 0. The predicted octanol–water partition coefficient (Wildman–Crippen LogP) is 1.57. The average molecular weight is 300 g/mol. The average Bonchev–Trinajstić information content (AvgIpc) is 2.54. The van der Waals surface area contributed by atoms with Crippen LogP contribution in [0.15, 0.2) is 29.8 Å². The number of primary amides is 1. The monoisotopic (exact) mass is 300 g/mol. The molecule has 116 valence electrons. The van der Waals surface area contributed by atoms with Gasteiger partial charge in [0.25, 0.3) is 5.91 Å². The van der Waals surface area contributed by atoms with Crippen LogP contribution in [0.3, 0.4) is 0 Å². The van der Waals surface area contributed by atoms with Crippen molar-refractivity contribution in [3.63, 3.8) is 0 Å². The van der Waals surface area contributed by atoms with Crippen molar-refractivity contribution in [2.24, 2.45) is 11.7 Å². The Bertz CT molecular complexity index is 639. The van der Waals surface area contributed by atoms with Crippen LogP contribution in [0.1, 0.15) is 25.3 Å².